The van der Waals surface area contributed by atoms with E-state index in [0.29, 0.717) is 6.42 Å². The van der Waals surface area contributed by atoms with Gasteiger partial charge in [-0.2, -0.15) is 0 Å². The molecule has 1 aromatic rings. The van der Waals surface area contributed by atoms with Crippen LogP contribution in [0.25, 0.3) is 0 Å². The molecule has 1 aromatic carbocycles. The van der Waals surface area contributed by atoms with Crippen LogP contribution in [0.3, 0.4) is 0 Å². The van der Waals surface area contributed by atoms with Crippen molar-refractivity contribution in [2.45, 2.75) is 45.6 Å². The highest BCUT2D eigenvalue weighted by atomic mass is 16.2. The molecule has 1 aliphatic rings. The Morgan fingerprint density at radius 2 is 1.89 bits per heavy atom. The largest absolute Gasteiger partial charge is 0.335 e. The van der Waals surface area contributed by atoms with Crippen LogP contribution in [0.4, 0.5) is 0 Å². The molecule has 1 aliphatic heterocycles. The lowest BCUT2D eigenvalue weighted by Crippen LogP contribution is -2.44. The van der Waals surface area contributed by atoms with Crippen molar-refractivity contribution in [3.63, 3.8) is 0 Å². The van der Waals surface area contributed by atoms with E-state index in [1.807, 2.05) is 36.1 Å². The molecule has 0 N–H and O–H groups in total. The van der Waals surface area contributed by atoms with Crippen LogP contribution in [-0.4, -0.2) is 29.2 Å². The van der Waals surface area contributed by atoms with Crippen LogP contribution in [0, 0.1) is 6.92 Å². The predicted octanol–water partition coefficient (Wildman–Crippen LogP) is 2.97. The molecule has 0 saturated carbocycles. The van der Waals surface area contributed by atoms with Crippen molar-refractivity contribution in [2.24, 2.45) is 0 Å². The SMILES string of the molecule is CC(=O)CC1CCCCN1C(=O)c1ccc(C)cc1. The van der Waals surface area contributed by atoms with Crippen molar-refractivity contribution in [2.75, 3.05) is 6.54 Å². The van der Waals surface area contributed by atoms with E-state index in [1.54, 1.807) is 6.92 Å². The summed E-state index contributed by atoms with van der Waals surface area (Å²) < 4.78 is 0. The Kier molecular flexibility index (Phi) is 4.35. The van der Waals surface area contributed by atoms with Gasteiger partial charge in [-0.25, -0.2) is 0 Å². The summed E-state index contributed by atoms with van der Waals surface area (Å²) in [4.78, 5) is 25.7. The van der Waals surface area contributed by atoms with Crippen LogP contribution < -0.4 is 0 Å². The van der Waals surface area contributed by atoms with Gasteiger partial charge in [-0.15, -0.1) is 0 Å². The van der Waals surface area contributed by atoms with Crippen molar-refractivity contribution in [1.82, 2.24) is 4.90 Å². The molecule has 1 atom stereocenters. The van der Waals surface area contributed by atoms with Crippen molar-refractivity contribution >= 4 is 11.7 Å². The zero-order valence-corrected chi connectivity index (χ0v) is 11.7. The first-order chi connectivity index (χ1) is 9.08. The second-order valence-electron chi connectivity index (χ2n) is 5.42. The summed E-state index contributed by atoms with van der Waals surface area (Å²) in [6.07, 6.45) is 3.57. The van der Waals surface area contributed by atoms with E-state index in [4.69, 9.17) is 0 Å². The number of rotatable bonds is 3. The molecule has 102 valence electrons. The van der Waals surface area contributed by atoms with Gasteiger partial charge in [0.05, 0.1) is 0 Å². The van der Waals surface area contributed by atoms with Crippen LogP contribution in [0.5, 0.6) is 0 Å². The summed E-state index contributed by atoms with van der Waals surface area (Å²) in [6.45, 7) is 4.38. The molecule has 0 radical (unpaired) electrons. The molecule has 1 amide bonds. The fourth-order valence-corrected chi connectivity index (χ4v) is 2.67. The van der Waals surface area contributed by atoms with E-state index >= 15 is 0 Å². The molecular weight excluding hydrogens is 238 g/mol. The third-order valence-electron chi connectivity index (χ3n) is 3.71. The monoisotopic (exact) mass is 259 g/mol. The van der Waals surface area contributed by atoms with Gasteiger partial charge in [0, 0.05) is 24.6 Å². The molecule has 1 fully saturated rings. The van der Waals surface area contributed by atoms with Gasteiger partial charge in [0.1, 0.15) is 5.78 Å². The molecule has 0 bridgehead atoms. The maximum absolute atomic E-state index is 12.5. The molecule has 19 heavy (non-hydrogen) atoms. The molecule has 0 spiro atoms. The predicted molar refractivity (Wildman–Crippen MR) is 75.2 cm³/mol. The first kappa shape index (κ1) is 13.8. The van der Waals surface area contributed by atoms with Crippen LogP contribution in [0.15, 0.2) is 24.3 Å². The van der Waals surface area contributed by atoms with Gasteiger partial charge in [-0.1, -0.05) is 17.7 Å². The lowest BCUT2D eigenvalue weighted by Gasteiger charge is -2.35. The Morgan fingerprint density at radius 3 is 2.53 bits per heavy atom. The number of piperidine rings is 1. The van der Waals surface area contributed by atoms with Gasteiger partial charge in [0.15, 0.2) is 0 Å². The molecule has 3 heteroatoms. The lowest BCUT2D eigenvalue weighted by atomic mass is 9.96. The van der Waals surface area contributed by atoms with Gasteiger partial charge in [-0.3, -0.25) is 9.59 Å². The van der Waals surface area contributed by atoms with Crippen molar-refractivity contribution in [3.8, 4) is 0 Å². The van der Waals surface area contributed by atoms with Gasteiger partial charge < -0.3 is 4.90 Å². The zero-order chi connectivity index (χ0) is 13.8. The number of amides is 1. The summed E-state index contributed by atoms with van der Waals surface area (Å²) in [5.41, 5.74) is 1.87. The highest BCUT2D eigenvalue weighted by Crippen LogP contribution is 2.22. The van der Waals surface area contributed by atoms with E-state index in [2.05, 4.69) is 0 Å². The third kappa shape index (κ3) is 3.43. The number of aryl methyl sites for hydroxylation is 1. The van der Waals surface area contributed by atoms with Gasteiger partial charge >= 0.3 is 0 Å². The van der Waals surface area contributed by atoms with Crippen molar-refractivity contribution in [3.05, 3.63) is 35.4 Å². The quantitative estimate of drug-likeness (QED) is 0.837. The summed E-state index contributed by atoms with van der Waals surface area (Å²) in [7, 11) is 0. The van der Waals surface area contributed by atoms with Crippen molar-refractivity contribution in [1.29, 1.82) is 0 Å². The van der Waals surface area contributed by atoms with Crippen LogP contribution in [0.1, 0.15) is 48.5 Å². The van der Waals surface area contributed by atoms with E-state index < -0.39 is 0 Å². The first-order valence-electron chi connectivity index (χ1n) is 6.95. The fourth-order valence-electron chi connectivity index (χ4n) is 2.67. The Balaban J connectivity index is 2.15. The molecular formula is C16H21NO2. The van der Waals surface area contributed by atoms with E-state index in [9.17, 15) is 9.59 Å². The Bertz CT molecular complexity index is 464. The second-order valence-corrected chi connectivity index (χ2v) is 5.42. The normalized spacial score (nSPS) is 19.3. The molecule has 0 aromatic heterocycles. The number of carbonyl (C=O) groups is 2. The maximum Gasteiger partial charge on any atom is 0.254 e. The highest BCUT2D eigenvalue weighted by molar-refractivity contribution is 5.94. The minimum atomic E-state index is 0.0611. The Labute approximate surface area is 114 Å². The Hall–Kier alpha value is -1.64. The number of carbonyl (C=O) groups excluding carboxylic acids is 2. The van der Waals surface area contributed by atoms with E-state index in [-0.39, 0.29) is 17.7 Å². The smallest absolute Gasteiger partial charge is 0.254 e. The number of Topliss-reactive ketones (excluding diaryl/α,β-unsaturated/α-hetero) is 1. The summed E-state index contributed by atoms with van der Waals surface area (Å²) >= 11 is 0. The molecule has 1 heterocycles. The second kappa shape index (κ2) is 6.00. The molecule has 1 saturated heterocycles. The first-order valence-corrected chi connectivity index (χ1v) is 6.95. The molecule has 3 nitrogen and oxygen atoms in total. The molecule has 1 unspecified atom stereocenters. The van der Waals surface area contributed by atoms with Crippen LogP contribution in [0.2, 0.25) is 0 Å². The number of likely N-dealkylation sites (tertiary alicyclic amines) is 1. The average Bonchev–Trinajstić information content (AvgIpc) is 2.39. The number of hydrogen-bond donors (Lipinski definition) is 0. The minimum Gasteiger partial charge on any atom is -0.335 e. The summed E-state index contributed by atoms with van der Waals surface area (Å²) in [5, 5.41) is 0. The lowest BCUT2D eigenvalue weighted by molar-refractivity contribution is -0.118. The number of hydrogen-bond acceptors (Lipinski definition) is 2. The Morgan fingerprint density at radius 1 is 1.21 bits per heavy atom. The third-order valence-corrected chi connectivity index (χ3v) is 3.71. The maximum atomic E-state index is 12.5. The summed E-state index contributed by atoms with van der Waals surface area (Å²) in [6, 6.07) is 7.74. The van der Waals surface area contributed by atoms with Crippen LogP contribution >= 0.6 is 0 Å². The fraction of sp³-hybridized carbons (Fsp3) is 0.500. The van der Waals surface area contributed by atoms with E-state index in [1.165, 1.54) is 0 Å². The number of benzene rings is 1. The van der Waals surface area contributed by atoms with Gasteiger partial charge in [-0.05, 0) is 45.2 Å². The van der Waals surface area contributed by atoms with Gasteiger partial charge in [0.25, 0.3) is 5.91 Å². The van der Waals surface area contributed by atoms with E-state index in [0.717, 1.165) is 36.9 Å². The summed E-state index contributed by atoms with van der Waals surface area (Å²) in [5.74, 6) is 0.222. The standard InChI is InChI=1S/C16H21NO2/c1-12-6-8-14(9-7-12)16(19)17-10-4-3-5-15(17)11-13(2)18/h6-9,15H,3-5,10-11H2,1-2H3. The molecule has 2 rings (SSSR count). The highest BCUT2D eigenvalue weighted by Gasteiger charge is 2.28. The molecule has 0 aliphatic carbocycles. The average molecular weight is 259 g/mol. The zero-order valence-electron chi connectivity index (χ0n) is 11.7. The van der Waals surface area contributed by atoms with Crippen molar-refractivity contribution < 1.29 is 9.59 Å². The number of nitrogens with zero attached hydrogens (tertiary/aromatic N) is 1. The topological polar surface area (TPSA) is 37.4 Å². The minimum absolute atomic E-state index is 0.0611. The van der Waals surface area contributed by atoms with Crippen LogP contribution in [-0.2, 0) is 4.79 Å². The van der Waals surface area contributed by atoms with Gasteiger partial charge in [0.2, 0.25) is 0 Å². The number of ketones is 1.